The molecule has 2 aromatic carbocycles. The Balaban J connectivity index is 2.01. The van der Waals surface area contributed by atoms with E-state index in [-0.39, 0.29) is 0 Å². The van der Waals surface area contributed by atoms with Crippen molar-refractivity contribution in [1.82, 2.24) is 4.90 Å². The largest absolute Gasteiger partial charge is 0.365 e. The fraction of sp³-hybridized carbons (Fsp3) is 0.273. The van der Waals surface area contributed by atoms with Crippen LogP contribution in [0, 0.1) is 0 Å². The van der Waals surface area contributed by atoms with Crippen molar-refractivity contribution in [1.29, 1.82) is 0 Å². The van der Waals surface area contributed by atoms with Gasteiger partial charge in [0, 0.05) is 18.3 Å². The molecule has 1 heterocycles. The molecule has 1 nitrogen and oxygen atoms in total. The van der Waals surface area contributed by atoms with Crippen LogP contribution in [0.3, 0.4) is 0 Å². The zero-order valence-electron chi connectivity index (χ0n) is 14.3. The van der Waals surface area contributed by atoms with Gasteiger partial charge < -0.3 is 4.90 Å². The second-order valence-electron chi connectivity index (χ2n) is 6.33. The van der Waals surface area contributed by atoms with Gasteiger partial charge in [-0.05, 0) is 49.1 Å². The van der Waals surface area contributed by atoms with Crippen LogP contribution in [0.15, 0.2) is 72.3 Å². The van der Waals surface area contributed by atoms with Crippen molar-refractivity contribution in [2.75, 3.05) is 6.54 Å². The Labute approximate surface area is 140 Å². The fourth-order valence-corrected chi connectivity index (χ4v) is 3.07. The summed E-state index contributed by atoms with van der Waals surface area (Å²) in [5.41, 5.74) is 6.55. The van der Waals surface area contributed by atoms with E-state index in [1.54, 1.807) is 0 Å². The maximum atomic E-state index is 2.51. The van der Waals surface area contributed by atoms with Crippen molar-refractivity contribution < 1.29 is 0 Å². The van der Waals surface area contributed by atoms with E-state index in [1.165, 1.54) is 28.0 Å². The highest BCUT2D eigenvalue weighted by atomic mass is 15.2. The van der Waals surface area contributed by atoms with Crippen molar-refractivity contribution in [3.05, 3.63) is 77.9 Å². The molecule has 0 N–H and O–H groups in total. The summed E-state index contributed by atoms with van der Waals surface area (Å²) in [7, 11) is 0. The molecular formula is C22H25N. The quantitative estimate of drug-likeness (QED) is 0.694. The van der Waals surface area contributed by atoms with E-state index in [0.717, 1.165) is 13.0 Å². The molecule has 1 atom stereocenters. The van der Waals surface area contributed by atoms with Gasteiger partial charge in [0.2, 0.25) is 0 Å². The lowest BCUT2D eigenvalue weighted by molar-refractivity contribution is 0.329. The molecule has 0 aromatic heterocycles. The highest BCUT2D eigenvalue weighted by Gasteiger charge is 2.19. The third-order valence-corrected chi connectivity index (χ3v) is 4.67. The SMILES string of the molecule is CCC(C)N1CC=C(C)C=C1c1cccc(-c2ccccc2)c1. The standard InChI is InChI=1S/C22H25N/c1-4-18(3)23-14-13-17(2)15-22(23)21-12-8-11-20(16-21)19-9-6-5-7-10-19/h5-13,15-16,18H,4,14H2,1-3H3. The van der Waals surface area contributed by atoms with Gasteiger partial charge in [0.15, 0.2) is 0 Å². The van der Waals surface area contributed by atoms with E-state index in [9.17, 15) is 0 Å². The average molecular weight is 303 g/mol. The maximum Gasteiger partial charge on any atom is 0.0447 e. The predicted molar refractivity (Wildman–Crippen MR) is 100 cm³/mol. The molecule has 2 aromatic rings. The van der Waals surface area contributed by atoms with Gasteiger partial charge in [0.25, 0.3) is 0 Å². The van der Waals surface area contributed by atoms with Crippen LogP contribution in [-0.2, 0) is 0 Å². The number of hydrogen-bond donors (Lipinski definition) is 0. The van der Waals surface area contributed by atoms with Crippen LogP contribution in [-0.4, -0.2) is 17.5 Å². The summed E-state index contributed by atoms with van der Waals surface area (Å²) in [6.07, 6.45) is 5.79. The number of hydrogen-bond acceptors (Lipinski definition) is 1. The maximum absolute atomic E-state index is 2.51. The summed E-state index contributed by atoms with van der Waals surface area (Å²) in [6, 6.07) is 20.1. The van der Waals surface area contributed by atoms with E-state index in [0.29, 0.717) is 6.04 Å². The van der Waals surface area contributed by atoms with Crippen LogP contribution in [0.1, 0.15) is 32.8 Å². The molecule has 0 fully saturated rings. The molecule has 1 unspecified atom stereocenters. The normalized spacial score (nSPS) is 15.9. The van der Waals surface area contributed by atoms with Crippen molar-refractivity contribution in [3.8, 4) is 11.1 Å². The first-order valence-corrected chi connectivity index (χ1v) is 8.50. The van der Waals surface area contributed by atoms with Crippen molar-refractivity contribution in [2.24, 2.45) is 0 Å². The molecule has 0 radical (unpaired) electrons. The highest BCUT2D eigenvalue weighted by molar-refractivity contribution is 5.74. The monoisotopic (exact) mass is 303 g/mol. The summed E-state index contributed by atoms with van der Waals surface area (Å²) in [6.45, 7) is 7.76. The lowest BCUT2D eigenvalue weighted by atomic mass is 9.98. The van der Waals surface area contributed by atoms with Crippen molar-refractivity contribution in [3.63, 3.8) is 0 Å². The van der Waals surface area contributed by atoms with Crippen LogP contribution in [0.2, 0.25) is 0 Å². The lowest BCUT2D eigenvalue weighted by Crippen LogP contribution is -2.33. The summed E-state index contributed by atoms with van der Waals surface area (Å²) in [4.78, 5) is 2.51. The molecule has 23 heavy (non-hydrogen) atoms. The molecule has 1 heteroatoms. The molecule has 0 saturated carbocycles. The van der Waals surface area contributed by atoms with Gasteiger partial charge in [-0.2, -0.15) is 0 Å². The zero-order valence-corrected chi connectivity index (χ0v) is 14.3. The van der Waals surface area contributed by atoms with Crippen LogP contribution in [0.4, 0.5) is 0 Å². The summed E-state index contributed by atoms with van der Waals surface area (Å²) >= 11 is 0. The van der Waals surface area contributed by atoms with Gasteiger partial charge in [0.05, 0.1) is 0 Å². The average Bonchev–Trinajstić information content (AvgIpc) is 2.62. The van der Waals surface area contributed by atoms with Gasteiger partial charge in [0.1, 0.15) is 0 Å². The first-order valence-electron chi connectivity index (χ1n) is 8.50. The Bertz CT molecular complexity index is 725. The first-order chi connectivity index (χ1) is 11.2. The molecule has 3 rings (SSSR count). The Morgan fingerprint density at radius 2 is 1.65 bits per heavy atom. The van der Waals surface area contributed by atoms with Gasteiger partial charge >= 0.3 is 0 Å². The Morgan fingerprint density at radius 1 is 0.957 bits per heavy atom. The van der Waals surface area contributed by atoms with Crippen LogP contribution < -0.4 is 0 Å². The summed E-state index contributed by atoms with van der Waals surface area (Å²) < 4.78 is 0. The molecule has 1 aliphatic rings. The minimum atomic E-state index is 0.547. The lowest BCUT2D eigenvalue weighted by Gasteiger charge is -2.35. The number of rotatable bonds is 4. The molecule has 0 spiro atoms. The van der Waals surface area contributed by atoms with E-state index in [2.05, 4.69) is 92.4 Å². The van der Waals surface area contributed by atoms with E-state index < -0.39 is 0 Å². The minimum absolute atomic E-state index is 0.547. The van der Waals surface area contributed by atoms with Crippen molar-refractivity contribution >= 4 is 5.70 Å². The van der Waals surface area contributed by atoms with Gasteiger partial charge in [-0.15, -0.1) is 0 Å². The number of nitrogens with zero attached hydrogens (tertiary/aromatic N) is 1. The minimum Gasteiger partial charge on any atom is -0.365 e. The Hall–Kier alpha value is -2.28. The smallest absolute Gasteiger partial charge is 0.0447 e. The predicted octanol–water partition coefficient (Wildman–Crippen LogP) is 5.75. The summed E-state index contributed by atoms with van der Waals surface area (Å²) in [5.74, 6) is 0. The molecule has 0 saturated heterocycles. The number of benzene rings is 2. The fourth-order valence-electron chi connectivity index (χ4n) is 3.07. The Morgan fingerprint density at radius 3 is 2.39 bits per heavy atom. The van der Waals surface area contributed by atoms with Gasteiger partial charge in [-0.1, -0.05) is 67.1 Å². The molecular weight excluding hydrogens is 278 g/mol. The third kappa shape index (κ3) is 3.39. The van der Waals surface area contributed by atoms with Gasteiger partial charge in [-0.3, -0.25) is 0 Å². The first kappa shape index (κ1) is 15.6. The third-order valence-electron chi connectivity index (χ3n) is 4.67. The second kappa shape index (κ2) is 6.87. The molecule has 0 aliphatic carbocycles. The van der Waals surface area contributed by atoms with Crippen LogP contribution in [0.5, 0.6) is 0 Å². The topological polar surface area (TPSA) is 3.24 Å². The van der Waals surface area contributed by atoms with E-state index >= 15 is 0 Å². The molecule has 0 amide bonds. The zero-order chi connectivity index (χ0) is 16.2. The summed E-state index contributed by atoms with van der Waals surface area (Å²) in [5, 5.41) is 0. The molecule has 0 bridgehead atoms. The highest BCUT2D eigenvalue weighted by Crippen LogP contribution is 2.30. The van der Waals surface area contributed by atoms with E-state index in [1.807, 2.05) is 0 Å². The van der Waals surface area contributed by atoms with Crippen molar-refractivity contribution in [2.45, 2.75) is 33.2 Å². The van der Waals surface area contributed by atoms with Crippen LogP contribution >= 0.6 is 0 Å². The molecule has 1 aliphatic heterocycles. The van der Waals surface area contributed by atoms with E-state index in [4.69, 9.17) is 0 Å². The second-order valence-corrected chi connectivity index (χ2v) is 6.33. The van der Waals surface area contributed by atoms with Gasteiger partial charge in [-0.25, -0.2) is 0 Å². The van der Waals surface area contributed by atoms with Crippen LogP contribution in [0.25, 0.3) is 16.8 Å². The molecule has 118 valence electrons. The Kier molecular flexibility index (Phi) is 4.66. The number of allylic oxidation sites excluding steroid dienone is 2.